The van der Waals surface area contributed by atoms with Crippen LogP contribution in [0, 0.1) is 5.41 Å². The topological polar surface area (TPSA) is 24.8 Å². The van der Waals surface area contributed by atoms with Crippen LogP contribution in [0.3, 0.4) is 0 Å². The van der Waals surface area contributed by atoms with E-state index in [1.165, 1.54) is 31.5 Å². The van der Waals surface area contributed by atoms with Crippen molar-refractivity contribution in [2.75, 3.05) is 26.7 Å². The third-order valence-corrected chi connectivity index (χ3v) is 6.00. The van der Waals surface area contributed by atoms with Gasteiger partial charge in [0.15, 0.2) is 0 Å². The molecule has 3 rings (SSSR count). The van der Waals surface area contributed by atoms with E-state index in [0.717, 1.165) is 41.3 Å². The van der Waals surface area contributed by atoms with E-state index in [4.69, 9.17) is 9.73 Å². The molecule has 29 heavy (non-hydrogen) atoms. The monoisotopic (exact) mass is 390 g/mol. The fourth-order valence-corrected chi connectivity index (χ4v) is 3.71. The lowest BCUT2D eigenvalue weighted by Crippen LogP contribution is -2.38. The van der Waals surface area contributed by atoms with Crippen LogP contribution in [0.2, 0.25) is 0 Å². The third kappa shape index (κ3) is 6.04. The number of piperidine rings is 1. The summed E-state index contributed by atoms with van der Waals surface area (Å²) in [4.78, 5) is 7.31. The van der Waals surface area contributed by atoms with E-state index in [-0.39, 0.29) is 0 Å². The molecular weight excluding hydrogens is 356 g/mol. The normalized spacial score (nSPS) is 17.2. The molecule has 0 saturated carbocycles. The molecule has 0 amide bonds. The standard InChI is InChI=1S/C26H34N2O/c1-20(27-21(2)24-7-6-8-25(19-24)29-5)23-11-9-22(10-12-23)13-16-28-17-14-26(3,4)15-18-28/h6-12,19H,1,13-18H2,2-5H3. The summed E-state index contributed by atoms with van der Waals surface area (Å²) in [5, 5.41) is 0. The number of rotatable bonds is 7. The number of hydrogen-bond donors (Lipinski definition) is 0. The first-order valence-corrected chi connectivity index (χ1v) is 10.6. The van der Waals surface area contributed by atoms with Gasteiger partial charge in [0.05, 0.1) is 12.8 Å². The minimum absolute atomic E-state index is 0.516. The number of aliphatic imine (C=N–C) groups is 1. The second-order valence-electron chi connectivity index (χ2n) is 8.83. The van der Waals surface area contributed by atoms with Gasteiger partial charge in [-0.1, -0.05) is 56.8 Å². The smallest absolute Gasteiger partial charge is 0.119 e. The molecule has 3 heteroatoms. The Kier molecular flexibility index (Phi) is 6.92. The molecule has 0 spiro atoms. The zero-order valence-corrected chi connectivity index (χ0v) is 18.4. The summed E-state index contributed by atoms with van der Waals surface area (Å²) in [6, 6.07) is 16.7. The summed E-state index contributed by atoms with van der Waals surface area (Å²) in [6.45, 7) is 14.5. The molecular formula is C26H34N2O. The Hall–Kier alpha value is -2.39. The Balaban J connectivity index is 1.57. The van der Waals surface area contributed by atoms with Crippen molar-refractivity contribution in [3.63, 3.8) is 0 Å². The zero-order chi connectivity index (χ0) is 20.9. The van der Waals surface area contributed by atoms with Gasteiger partial charge in [0, 0.05) is 12.3 Å². The van der Waals surface area contributed by atoms with Gasteiger partial charge in [0.25, 0.3) is 0 Å². The molecule has 0 unspecified atom stereocenters. The number of likely N-dealkylation sites (tertiary alicyclic amines) is 1. The Morgan fingerprint density at radius 2 is 1.76 bits per heavy atom. The van der Waals surface area contributed by atoms with Gasteiger partial charge >= 0.3 is 0 Å². The van der Waals surface area contributed by atoms with Gasteiger partial charge in [-0.15, -0.1) is 0 Å². The fraction of sp³-hybridized carbons (Fsp3) is 0.423. The minimum atomic E-state index is 0.516. The highest BCUT2D eigenvalue weighted by Crippen LogP contribution is 2.29. The lowest BCUT2D eigenvalue weighted by atomic mass is 9.82. The van der Waals surface area contributed by atoms with Crippen molar-refractivity contribution in [2.45, 2.75) is 40.0 Å². The van der Waals surface area contributed by atoms with Crippen LogP contribution in [0.25, 0.3) is 5.70 Å². The molecule has 0 radical (unpaired) electrons. The van der Waals surface area contributed by atoms with Crippen molar-refractivity contribution in [1.82, 2.24) is 4.90 Å². The van der Waals surface area contributed by atoms with E-state index in [1.54, 1.807) is 7.11 Å². The first-order chi connectivity index (χ1) is 13.9. The number of benzene rings is 2. The van der Waals surface area contributed by atoms with Gasteiger partial charge in [0.2, 0.25) is 0 Å². The number of methoxy groups -OCH3 is 1. The van der Waals surface area contributed by atoms with Gasteiger partial charge in [-0.05, 0) is 73.5 Å². The first-order valence-electron chi connectivity index (χ1n) is 10.6. The van der Waals surface area contributed by atoms with Gasteiger partial charge in [0.1, 0.15) is 5.75 Å². The molecule has 2 aromatic carbocycles. The van der Waals surface area contributed by atoms with Crippen molar-refractivity contribution in [2.24, 2.45) is 10.4 Å². The molecule has 0 atom stereocenters. The summed E-state index contributed by atoms with van der Waals surface area (Å²) < 4.78 is 5.30. The first kappa shape index (κ1) is 21.3. The molecule has 0 N–H and O–H groups in total. The van der Waals surface area contributed by atoms with E-state index in [9.17, 15) is 0 Å². The lowest BCUT2D eigenvalue weighted by molar-refractivity contribution is 0.134. The summed E-state index contributed by atoms with van der Waals surface area (Å²) >= 11 is 0. The van der Waals surface area contributed by atoms with Gasteiger partial charge in [-0.2, -0.15) is 0 Å². The Morgan fingerprint density at radius 3 is 2.41 bits per heavy atom. The minimum Gasteiger partial charge on any atom is -0.497 e. The van der Waals surface area contributed by atoms with E-state index >= 15 is 0 Å². The maximum Gasteiger partial charge on any atom is 0.119 e. The van der Waals surface area contributed by atoms with Crippen LogP contribution in [0.5, 0.6) is 5.75 Å². The average Bonchev–Trinajstić information content (AvgIpc) is 2.73. The molecule has 2 aromatic rings. The van der Waals surface area contributed by atoms with Gasteiger partial charge < -0.3 is 9.64 Å². The largest absolute Gasteiger partial charge is 0.497 e. The molecule has 1 fully saturated rings. The SMILES string of the molecule is C=C(N=C(C)c1cccc(OC)c1)c1ccc(CCN2CCC(C)(C)CC2)cc1. The van der Waals surface area contributed by atoms with Gasteiger partial charge in [-0.3, -0.25) is 4.99 Å². The van der Waals surface area contributed by atoms with Crippen LogP contribution in [0.4, 0.5) is 0 Å². The molecule has 1 heterocycles. The maximum absolute atomic E-state index is 5.30. The molecule has 1 aliphatic heterocycles. The van der Waals surface area contributed by atoms with Crippen LogP contribution >= 0.6 is 0 Å². The van der Waals surface area contributed by atoms with Crippen LogP contribution in [-0.4, -0.2) is 37.4 Å². The summed E-state index contributed by atoms with van der Waals surface area (Å²) in [7, 11) is 1.68. The predicted molar refractivity (Wildman–Crippen MR) is 124 cm³/mol. The Labute approximate surface area is 176 Å². The molecule has 0 bridgehead atoms. The van der Waals surface area contributed by atoms with E-state index in [1.807, 2.05) is 31.2 Å². The van der Waals surface area contributed by atoms with Crippen LogP contribution in [0.1, 0.15) is 50.3 Å². The predicted octanol–water partition coefficient (Wildman–Crippen LogP) is 5.84. The molecule has 1 aliphatic rings. The van der Waals surface area contributed by atoms with Crippen LogP contribution in [0.15, 0.2) is 60.1 Å². The molecule has 1 saturated heterocycles. The second-order valence-corrected chi connectivity index (χ2v) is 8.83. The van der Waals surface area contributed by atoms with Crippen molar-refractivity contribution in [1.29, 1.82) is 0 Å². The van der Waals surface area contributed by atoms with E-state index in [0.29, 0.717) is 5.41 Å². The third-order valence-electron chi connectivity index (χ3n) is 6.00. The average molecular weight is 391 g/mol. The fourth-order valence-electron chi connectivity index (χ4n) is 3.71. The van der Waals surface area contributed by atoms with Crippen LogP contribution in [-0.2, 0) is 6.42 Å². The highest BCUT2D eigenvalue weighted by Gasteiger charge is 2.24. The number of nitrogens with zero attached hydrogens (tertiary/aromatic N) is 2. The van der Waals surface area contributed by atoms with E-state index in [2.05, 4.69) is 49.6 Å². The molecule has 3 nitrogen and oxygen atoms in total. The van der Waals surface area contributed by atoms with Crippen LogP contribution < -0.4 is 4.74 Å². The Morgan fingerprint density at radius 1 is 1.07 bits per heavy atom. The highest BCUT2D eigenvalue weighted by atomic mass is 16.5. The van der Waals surface area contributed by atoms with Crippen molar-refractivity contribution in [3.05, 3.63) is 71.8 Å². The highest BCUT2D eigenvalue weighted by molar-refractivity contribution is 6.01. The summed E-state index contributed by atoms with van der Waals surface area (Å²) in [6.07, 6.45) is 3.70. The molecule has 0 aromatic heterocycles. The van der Waals surface area contributed by atoms with Crippen molar-refractivity contribution in [3.8, 4) is 5.75 Å². The second kappa shape index (κ2) is 9.41. The quantitative estimate of drug-likeness (QED) is 0.555. The number of ether oxygens (including phenoxy) is 1. The number of hydrogen-bond acceptors (Lipinski definition) is 3. The molecule has 154 valence electrons. The van der Waals surface area contributed by atoms with Gasteiger partial charge in [-0.25, -0.2) is 0 Å². The Bertz CT molecular complexity index is 855. The van der Waals surface area contributed by atoms with E-state index < -0.39 is 0 Å². The van der Waals surface area contributed by atoms with Crippen molar-refractivity contribution >= 4 is 11.4 Å². The summed E-state index contributed by atoms with van der Waals surface area (Å²) in [5.74, 6) is 0.837. The van der Waals surface area contributed by atoms with Crippen molar-refractivity contribution < 1.29 is 4.74 Å². The summed E-state index contributed by atoms with van der Waals surface area (Å²) in [5.41, 5.74) is 5.73. The maximum atomic E-state index is 5.30. The lowest BCUT2D eigenvalue weighted by Gasteiger charge is -2.36. The zero-order valence-electron chi connectivity index (χ0n) is 18.4. The molecule has 0 aliphatic carbocycles.